The number of para-hydroxylation sites is 1. The highest BCUT2D eigenvalue weighted by atomic mass is 14.8. The molecule has 2 aromatic rings. The minimum absolute atomic E-state index is 0.939. The summed E-state index contributed by atoms with van der Waals surface area (Å²) in [7, 11) is 0. The van der Waals surface area contributed by atoms with Crippen LogP contribution in [-0.2, 0) is 6.42 Å². The summed E-state index contributed by atoms with van der Waals surface area (Å²) in [6, 6.07) is 10.5. The topological polar surface area (TPSA) is 24.9 Å². The first-order chi connectivity index (χ1) is 8.42. The highest BCUT2D eigenvalue weighted by Crippen LogP contribution is 2.15. The fraction of sp³-hybridized carbons (Fsp3) is 0.267. The lowest BCUT2D eigenvalue weighted by Crippen LogP contribution is -2.17. The van der Waals surface area contributed by atoms with E-state index in [4.69, 9.17) is 0 Å². The molecule has 0 unspecified atom stereocenters. The van der Waals surface area contributed by atoms with Crippen LogP contribution in [0.2, 0.25) is 0 Å². The van der Waals surface area contributed by atoms with Gasteiger partial charge < -0.3 is 5.32 Å². The van der Waals surface area contributed by atoms with Gasteiger partial charge in [-0.15, -0.1) is 0 Å². The van der Waals surface area contributed by atoms with Gasteiger partial charge in [0.1, 0.15) is 0 Å². The lowest BCUT2D eigenvalue weighted by molar-refractivity contribution is 0.746. The Hall–Kier alpha value is -1.67. The van der Waals surface area contributed by atoms with E-state index in [1.54, 1.807) is 0 Å². The first-order valence-corrected chi connectivity index (χ1v) is 6.06. The van der Waals surface area contributed by atoms with Crippen LogP contribution >= 0.6 is 0 Å². The second-order valence-corrected chi connectivity index (χ2v) is 4.02. The van der Waals surface area contributed by atoms with Gasteiger partial charge in [0.2, 0.25) is 0 Å². The highest BCUT2D eigenvalue weighted by Gasteiger charge is 2.00. The lowest BCUT2D eigenvalue weighted by atomic mass is 10.1. The standard InChI is InChI=1S/C15H18N2/c1-2-3-10-16-12-9-14-7-4-6-13-8-5-11-17-15(13)14/h2-8,11,16H,9-10,12H2,1H3/b3-2+. The van der Waals surface area contributed by atoms with Crippen molar-refractivity contribution in [1.29, 1.82) is 0 Å². The van der Waals surface area contributed by atoms with Crippen molar-refractivity contribution in [3.8, 4) is 0 Å². The molecule has 0 aliphatic rings. The summed E-state index contributed by atoms with van der Waals surface area (Å²) in [6.45, 7) is 3.96. The van der Waals surface area contributed by atoms with Crippen LogP contribution in [0.4, 0.5) is 0 Å². The molecular weight excluding hydrogens is 208 g/mol. The molecular formula is C15H18N2. The maximum atomic E-state index is 4.45. The summed E-state index contributed by atoms with van der Waals surface area (Å²) < 4.78 is 0. The van der Waals surface area contributed by atoms with Gasteiger partial charge >= 0.3 is 0 Å². The Bertz CT molecular complexity index is 498. The third-order valence-electron chi connectivity index (χ3n) is 2.79. The predicted octanol–water partition coefficient (Wildman–Crippen LogP) is 2.94. The molecule has 0 saturated carbocycles. The van der Waals surface area contributed by atoms with E-state index in [1.165, 1.54) is 10.9 Å². The minimum Gasteiger partial charge on any atom is -0.313 e. The van der Waals surface area contributed by atoms with E-state index in [1.807, 2.05) is 19.2 Å². The number of aromatic nitrogens is 1. The smallest absolute Gasteiger partial charge is 0.0734 e. The number of hydrogen-bond acceptors (Lipinski definition) is 2. The molecule has 0 bridgehead atoms. The summed E-state index contributed by atoms with van der Waals surface area (Å²) in [5.41, 5.74) is 2.44. The number of hydrogen-bond donors (Lipinski definition) is 1. The summed E-state index contributed by atoms with van der Waals surface area (Å²) in [6.07, 6.45) is 7.07. The van der Waals surface area contributed by atoms with E-state index in [-0.39, 0.29) is 0 Å². The summed E-state index contributed by atoms with van der Waals surface area (Å²) in [5.74, 6) is 0. The van der Waals surface area contributed by atoms with Crippen molar-refractivity contribution in [2.75, 3.05) is 13.1 Å². The number of rotatable bonds is 5. The molecule has 2 nitrogen and oxygen atoms in total. The van der Waals surface area contributed by atoms with Crippen LogP contribution in [0.25, 0.3) is 10.9 Å². The van der Waals surface area contributed by atoms with Gasteiger partial charge in [-0.25, -0.2) is 0 Å². The van der Waals surface area contributed by atoms with E-state index in [0.29, 0.717) is 0 Å². The van der Waals surface area contributed by atoms with E-state index < -0.39 is 0 Å². The molecule has 0 saturated heterocycles. The Morgan fingerprint density at radius 2 is 2.12 bits per heavy atom. The fourth-order valence-electron chi connectivity index (χ4n) is 1.90. The van der Waals surface area contributed by atoms with Crippen LogP contribution in [0.1, 0.15) is 12.5 Å². The third kappa shape index (κ3) is 3.14. The maximum absolute atomic E-state index is 4.45. The molecule has 88 valence electrons. The molecule has 0 fully saturated rings. The Balaban J connectivity index is 2.03. The Labute approximate surface area is 102 Å². The molecule has 0 spiro atoms. The first-order valence-electron chi connectivity index (χ1n) is 6.06. The highest BCUT2D eigenvalue weighted by molar-refractivity contribution is 5.81. The van der Waals surface area contributed by atoms with Gasteiger partial charge in [0.15, 0.2) is 0 Å². The van der Waals surface area contributed by atoms with Crippen molar-refractivity contribution < 1.29 is 0 Å². The number of benzene rings is 1. The van der Waals surface area contributed by atoms with Crippen LogP contribution in [0.5, 0.6) is 0 Å². The van der Waals surface area contributed by atoms with E-state index in [9.17, 15) is 0 Å². The average molecular weight is 226 g/mol. The number of allylic oxidation sites excluding steroid dienone is 1. The molecule has 0 aliphatic heterocycles. The Morgan fingerprint density at radius 1 is 1.24 bits per heavy atom. The van der Waals surface area contributed by atoms with E-state index in [0.717, 1.165) is 25.0 Å². The second-order valence-electron chi connectivity index (χ2n) is 4.02. The molecule has 1 heterocycles. The normalized spacial score (nSPS) is 11.4. The molecule has 0 radical (unpaired) electrons. The second kappa shape index (κ2) is 6.16. The average Bonchev–Trinajstić information content (AvgIpc) is 2.39. The summed E-state index contributed by atoms with van der Waals surface area (Å²) >= 11 is 0. The van der Waals surface area contributed by atoms with Crippen LogP contribution in [0.15, 0.2) is 48.7 Å². The number of nitrogens with zero attached hydrogens (tertiary/aromatic N) is 1. The van der Waals surface area contributed by atoms with Gasteiger partial charge in [-0.3, -0.25) is 4.98 Å². The van der Waals surface area contributed by atoms with Gasteiger partial charge in [0.25, 0.3) is 0 Å². The van der Waals surface area contributed by atoms with Crippen molar-refractivity contribution in [3.63, 3.8) is 0 Å². The van der Waals surface area contributed by atoms with Crippen LogP contribution < -0.4 is 5.32 Å². The molecule has 0 aliphatic carbocycles. The molecule has 2 rings (SSSR count). The predicted molar refractivity (Wildman–Crippen MR) is 73.1 cm³/mol. The Morgan fingerprint density at radius 3 is 3.00 bits per heavy atom. The third-order valence-corrected chi connectivity index (χ3v) is 2.79. The zero-order valence-corrected chi connectivity index (χ0v) is 10.2. The van der Waals surface area contributed by atoms with Gasteiger partial charge in [-0.1, -0.05) is 36.4 Å². The summed E-state index contributed by atoms with van der Waals surface area (Å²) in [5, 5.41) is 4.61. The first kappa shape index (κ1) is 11.8. The van der Waals surface area contributed by atoms with Crippen molar-refractivity contribution in [1.82, 2.24) is 10.3 Å². The number of pyridine rings is 1. The van der Waals surface area contributed by atoms with E-state index >= 15 is 0 Å². The maximum Gasteiger partial charge on any atom is 0.0734 e. The van der Waals surface area contributed by atoms with Crippen molar-refractivity contribution >= 4 is 10.9 Å². The monoisotopic (exact) mass is 226 g/mol. The van der Waals surface area contributed by atoms with Crippen LogP contribution in [0.3, 0.4) is 0 Å². The van der Waals surface area contributed by atoms with Gasteiger partial charge in [-0.2, -0.15) is 0 Å². The number of fused-ring (bicyclic) bond motifs is 1. The largest absolute Gasteiger partial charge is 0.313 e. The van der Waals surface area contributed by atoms with Gasteiger partial charge in [0.05, 0.1) is 5.52 Å². The number of nitrogens with one attached hydrogen (secondary N) is 1. The molecule has 0 amide bonds. The van der Waals surface area contributed by atoms with Gasteiger partial charge in [0, 0.05) is 18.1 Å². The molecule has 17 heavy (non-hydrogen) atoms. The molecule has 1 aromatic carbocycles. The lowest BCUT2D eigenvalue weighted by Gasteiger charge is -2.05. The van der Waals surface area contributed by atoms with E-state index in [2.05, 4.69) is 46.7 Å². The van der Waals surface area contributed by atoms with Crippen molar-refractivity contribution in [3.05, 3.63) is 54.2 Å². The quantitative estimate of drug-likeness (QED) is 0.626. The van der Waals surface area contributed by atoms with Crippen LogP contribution in [-0.4, -0.2) is 18.1 Å². The van der Waals surface area contributed by atoms with Crippen molar-refractivity contribution in [2.24, 2.45) is 0 Å². The minimum atomic E-state index is 0.939. The summed E-state index contributed by atoms with van der Waals surface area (Å²) in [4.78, 5) is 4.45. The van der Waals surface area contributed by atoms with Crippen molar-refractivity contribution in [2.45, 2.75) is 13.3 Å². The van der Waals surface area contributed by atoms with Gasteiger partial charge in [-0.05, 0) is 31.5 Å². The molecule has 1 N–H and O–H groups in total. The molecule has 2 heteroatoms. The zero-order valence-electron chi connectivity index (χ0n) is 10.2. The Kier molecular flexibility index (Phi) is 4.28. The SMILES string of the molecule is C/C=C/CNCCc1cccc2cccnc12. The molecule has 1 aromatic heterocycles. The fourth-order valence-corrected chi connectivity index (χ4v) is 1.90. The van der Waals surface area contributed by atoms with Crippen LogP contribution in [0, 0.1) is 0 Å². The zero-order chi connectivity index (χ0) is 11.9. The molecule has 0 atom stereocenters.